The van der Waals surface area contributed by atoms with Crippen molar-refractivity contribution in [1.82, 2.24) is 0 Å². The molecule has 0 spiro atoms. The summed E-state index contributed by atoms with van der Waals surface area (Å²) < 4.78 is 10.7. The molecule has 0 aromatic heterocycles. The van der Waals surface area contributed by atoms with Gasteiger partial charge in [0.1, 0.15) is 17.5 Å². The second kappa shape index (κ2) is 6.31. The van der Waals surface area contributed by atoms with Crippen molar-refractivity contribution >= 4 is 5.97 Å². The van der Waals surface area contributed by atoms with Crippen LogP contribution in [0.5, 0.6) is 11.5 Å². The number of carboxylic acids is 1. The van der Waals surface area contributed by atoms with Crippen LogP contribution in [0.2, 0.25) is 0 Å². The maximum atomic E-state index is 11.1. The molecule has 0 aliphatic carbocycles. The van der Waals surface area contributed by atoms with Crippen molar-refractivity contribution in [2.75, 3.05) is 0 Å². The van der Waals surface area contributed by atoms with Gasteiger partial charge in [-0.15, -0.1) is 0 Å². The smallest absolute Gasteiger partial charge is 0.543 e. The van der Waals surface area contributed by atoms with Crippen molar-refractivity contribution in [2.45, 2.75) is 12.7 Å². The van der Waals surface area contributed by atoms with E-state index < -0.39 is 12.3 Å². The minimum Gasteiger partial charge on any atom is -0.543 e. The molecule has 1 aliphatic rings. The standard InChI is InChI=1S/C15H12O4.Na/c16-14(17)15-18-12-7-3-1-5-10(12)9-11-6-2-4-8-13(11)19-15;/h1-8,15H,9H2,(H,16,17);/q;+1/p-1. The van der Waals surface area contributed by atoms with Crippen LogP contribution in [-0.4, -0.2) is 12.3 Å². The van der Waals surface area contributed by atoms with E-state index in [1.165, 1.54) is 0 Å². The van der Waals surface area contributed by atoms with Gasteiger partial charge in [-0.1, -0.05) is 36.4 Å². The summed E-state index contributed by atoms with van der Waals surface area (Å²) in [6, 6.07) is 14.6. The zero-order valence-corrected chi connectivity index (χ0v) is 13.0. The maximum absolute atomic E-state index is 11.1. The Bertz CT molecular complexity index is 579. The SMILES string of the molecule is O=C([O-])C1Oc2ccccc2Cc2ccccc2O1.[Na+]. The Morgan fingerprint density at radius 1 is 0.950 bits per heavy atom. The summed E-state index contributed by atoms with van der Waals surface area (Å²) >= 11 is 0. The Labute approximate surface area is 138 Å². The van der Waals surface area contributed by atoms with Crippen LogP contribution in [-0.2, 0) is 11.2 Å². The van der Waals surface area contributed by atoms with E-state index in [4.69, 9.17) is 9.47 Å². The van der Waals surface area contributed by atoms with Crippen LogP contribution in [0, 0.1) is 0 Å². The van der Waals surface area contributed by atoms with Crippen molar-refractivity contribution < 1.29 is 48.9 Å². The third-order valence-corrected chi connectivity index (χ3v) is 2.99. The fourth-order valence-corrected chi connectivity index (χ4v) is 2.09. The van der Waals surface area contributed by atoms with Gasteiger partial charge in [0.25, 0.3) is 6.29 Å². The first-order valence-corrected chi connectivity index (χ1v) is 5.94. The number of para-hydroxylation sites is 2. The molecule has 0 unspecified atom stereocenters. The van der Waals surface area contributed by atoms with Crippen LogP contribution >= 0.6 is 0 Å². The predicted molar refractivity (Wildman–Crippen MR) is 65.7 cm³/mol. The van der Waals surface area contributed by atoms with E-state index in [9.17, 15) is 9.90 Å². The van der Waals surface area contributed by atoms with Gasteiger partial charge in [-0.2, -0.15) is 0 Å². The minimum atomic E-state index is -1.44. The Kier molecular flexibility index (Phi) is 4.70. The van der Waals surface area contributed by atoms with Crippen molar-refractivity contribution in [3.05, 3.63) is 59.7 Å². The Balaban J connectivity index is 0.00000147. The number of hydrogen-bond acceptors (Lipinski definition) is 4. The van der Waals surface area contributed by atoms with Gasteiger partial charge in [0.05, 0.1) is 0 Å². The molecular weight excluding hydrogens is 267 g/mol. The van der Waals surface area contributed by atoms with E-state index in [-0.39, 0.29) is 29.6 Å². The predicted octanol–water partition coefficient (Wildman–Crippen LogP) is -1.87. The molecule has 2 aromatic rings. The van der Waals surface area contributed by atoms with Gasteiger partial charge in [-0.25, -0.2) is 0 Å². The fourth-order valence-electron chi connectivity index (χ4n) is 2.09. The molecule has 2 aromatic carbocycles. The third kappa shape index (κ3) is 2.98. The summed E-state index contributed by atoms with van der Waals surface area (Å²) in [5.74, 6) is -0.385. The molecule has 20 heavy (non-hydrogen) atoms. The van der Waals surface area contributed by atoms with E-state index in [1.54, 1.807) is 24.3 Å². The molecule has 1 heterocycles. The molecule has 1 aliphatic heterocycles. The van der Waals surface area contributed by atoms with Gasteiger partial charge < -0.3 is 19.4 Å². The zero-order chi connectivity index (χ0) is 13.2. The Hall–Kier alpha value is -1.49. The fraction of sp³-hybridized carbons (Fsp3) is 0.133. The van der Waals surface area contributed by atoms with Crippen LogP contribution in [0.3, 0.4) is 0 Å². The second-order valence-electron chi connectivity index (χ2n) is 4.28. The quantitative estimate of drug-likeness (QED) is 0.573. The van der Waals surface area contributed by atoms with E-state index >= 15 is 0 Å². The number of hydrogen-bond donors (Lipinski definition) is 0. The molecule has 0 saturated carbocycles. The zero-order valence-electron chi connectivity index (χ0n) is 11.0. The molecular formula is C15H11NaO4. The minimum absolute atomic E-state index is 0. The van der Waals surface area contributed by atoms with Crippen molar-refractivity contribution in [3.8, 4) is 11.5 Å². The molecule has 4 nitrogen and oxygen atoms in total. The van der Waals surface area contributed by atoms with Crippen LogP contribution in [0.25, 0.3) is 0 Å². The maximum Gasteiger partial charge on any atom is 1.00 e. The van der Waals surface area contributed by atoms with Gasteiger partial charge in [-0.3, -0.25) is 0 Å². The van der Waals surface area contributed by atoms with Gasteiger partial charge in [-0.05, 0) is 23.3 Å². The summed E-state index contributed by atoms with van der Waals surface area (Å²) in [5, 5.41) is 11.1. The average Bonchev–Trinajstić information content (AvgIpc) is 2.38. The van der Waals surface area contributed by atoms with Crippen molar-refractivity contribution in [2.24, 2.45) is 0 Å². The summed E-state index contributed by atoms with van der Waals surface area (Å²) in [6.45, 7) is 0. The number of ether oxygens (including phenoxy) is 2. The van der Waals surface area contributed by atoms with Crippen LogP contribution in [0.4, 0.5) is 0 Å². The topological polar surface area (TPSA) is 58.6 Å². The van der Waals surface area contributed by atoms with Gasteiger partial charge in [0.2, 0.25) is 0 Å². The van der Waals surface area contributed by atoms with E-state index in [0.717, 1.165) is 11.1 Å². The molecule has 0 radical (unpaired) electrons. The Morgan fingerprint density at radius 3 is 1.85 bits per heavy atom. The summed E-state index contributed by atoms with van der Waals surface area (Å²) in [4.78, 5) is 11.1. The summed E-state index contributed by atoms with van der Waals surface area (Å²) in [7, 11) is 0. The number of carboxylic acid groups (broad SMARTS) is 1. The summed E-state index contributed by atoms with van der Waals surface area (Å²) in [5.41, 5.74) is 1.84. The molecule has 0 N–H and O–H groups in total. The number of fused-ring (bicyclic) bond motifs is 2. The largest absolute Gasteiger partial charge is 1.00 e. The first-order valence-electron chi connectivity index (χ1n) is 5.94. The van der Waals surface area contributed by atoms with Crippen LogP contribution in [0.15, 0.2) is 48.5 Å². The molecule has 0 bridgehead atoms. The van der Waals surface area contributed by atoms with E-state index in [0.29, 0.717) is 17.9 Å². The van der Waals surface area contributed by atoms with E-state index in [1.807, 2.05) is 24.3 Å². The molecule has 5 heteroatoms. The number of rotatable bonds is 1. The van der Waals surface area contributed by atoms with Gasteiger partial charge >= 0.3 is 29.6 Å². The third-order valence-electron chi connectivity index (χ3n) is 2.99. The molecule has 0 amide bonds. The number of carbonyl (C=O) groups is 1. The molecule has 0 saturated heterocycles. The first kappa shape index (κ1) is 14.9. The number of benzene rings is 2. The van der Waals surface area contributed by atoms with Crippen molar-refractivity contribution in [3.63, 3.8) is 0 Å². The number of carbonyl (C=O) groups excluding carboxylic acids is 1. The number of aliphatic carboxylic acids is 1. The molecule has 3 rings (SSSR count). The van der Waals surface area contributed by atoms with Crippen LogP contribution in [0.1, 0.15) is 11.1 Å². The normalized spacial score (nSPS) is 13.4. The molecule has 0 atom stereocenters. The first-order chi connectivity index (χ1) is 9.24. The van der Waals surface area contributed by atoms with Gasteiger partial charge in [0, 0.05) is 6.42 Å². The summed E-state index contributed by atoms with van der Waals surface area (Å²) in [6.07, 6.45) is -0.811. The molecule has 96 valence electrons. The monoisotopic (exact) mass is 278 g/mol. The Morgan fingerprint density at radius 2 is 1.40 bits per heavy atom. The van der Waals surface area contributed by atoms with Crippen LogP contribution < -0.4 is 44.1 Å². The average molecular weight is 278 g/mol. The van der Waals surface area contributed by atoms with E-state index in [2.05, 4.69) is 0 Å². The van der Waals surface area contributed by atoms with Crippen molar-refractivity contribution in [1.29, 1.82) is 0 Å². The van der Waals surface area contributed by atoms with Gasteiger partial charge in [0.15, 0.2) is 0 Å². The molecule has 0 fully saturated rings. The second-order valence-corrected chi connectivity index (χ2v) is 4.28.